The normalized spacial score (nSPS) is 11.6. The summed E-state index contributed by atoms with van der Waals surface area (Å²) < 4.78 is 30.1. The van der Waals surface area contributed by atoms with Gasteiger partial charge in [-0.2, -0.15) is 0 Å². The van der Waals surface area contributed by atoms with E-state index in [-0.39, 0.29) is 4.90 Å². The van der Waals surface area contributed by atoms with Crippen LogP contribution in [0.15, 0.2) is 35.5 Å². The predicted molar refractivity (Wildman–Crippen MR) is 75.0 cm³/mol. The maximum Gasteiger partial charge on any atom is 0.238 e. The molecule has 0 aliphatic heterocycles. The van der Waals surface area contributed by atoms with Crippen LogP contribution >= 0.6 is 0 Å². The van der Waals surface area contributed by atoms with Crippen LogP contribution in [-0.4, -0.2) is 24.6 Å². The van der Waals surface area contributed by atoms with Crippen molar-refractivity contribution < 1.29 is 13.2 Å². The Hall–Kier alpha value is -1.86. The van der Waals surface area contributed by atoms with Crippen LogP contribution in [0.2, 0.25) is 0 Å². The van der Waals surface area contributed by atoms with Gasteiger partial charge in [0.25, 0.3) is 0 Å². The van der Waals surface area contributed by atoms with Gasteiger partial charge in [0.05, 0.1) is 11.4 Å². The molecular weight excluding hydrogens is 278 g/mol. The second-order valence-corrected chi connectivity index (χ2v) is 6.05. The highest BCUT2D eigenvalue weighted by atomic mass is 32.2. The van der Waals surface area contributed by atoms with Gasteiger partial charge in [-0.3, -0.25) is 0 Å². The zero-order valence-corrected chi connectivity index (χ0v) is 12.2. The number of primary sulfonamides is 1. The smallest absolute Gasteiger partial charge is 0.238 e. The molecule has 7 heteroatoms. The molecule has 0 fully saturated rings. The minimum atomic E-state index is -3.67. The Labute approximate surface area is 118 Å². The van der Waals surface area contributed by atoms with E-state index >= 15 is 0 Å². The number of nitrogens with zero attached hydrogens (tertiary/aromatic N) is 2. The highest BCUT2D eigenvalue weighted by Crippen LogP contribution is 2.21. The van der Waals surface area contributed by atoms with Crippen LogP contribution in [0.3, 0.4) is 0 Å². The van der Waals surface area contributed by atoms with E-state index in [1.54, 1.807) is 19.2 Å². The summed E-state index contributed by atoms with van der Waals surface area (Å²) in [4.78, 5) is 4.22. The number of hydrogen-bond acceptors (Lipinski definition) is 4. The molecule has 0 aliphatic carbocycles. The molecule has 2 aromatic rings. The first-order valence-electron chi connectivity index (χ1n) is 6.12. The largest absolute Gasteiger partial charge is 0.491 e. The van der Waals surface area contributed by atoms with Crippen molar-refractivity contribution in [3.8, 4) is 5.75 Å². The number of ether oxygens (including phenoxy) is 1. The number of imidazole rings is 1. The fourth-order valence-corrected chi connectivity index (χ4v) is 2.45. The standard InChI is InChI=1S/C13H17N3O3S/c1-10-9-12(20(14,17)18)3-4-13(10)19-8-7-16-6-5-15-11(16)2/h3-6,9H,7-8H2,1-2H3,(H2,14,17,18). The molecule has 20 heavy (non-hydrogen) atoms. The van der Waals surface area contributed by atoms with Gasteiger partial charge in [-0.1, -0.05) is 0 Å². The molecule has 0 saturated carbocycles. The third-order valence-corrected chi connectivity index (χ3v) is 3.90. The van der Waals surface area contributed by atoms with E-state index in [9.17, 15) is 8.42 Å². The lowest BCUT2D eigenvalue weighted by Gasteiger charge is -2.11. The average molecular weight is 295 g/mol. The molecule has 0 amide bonds. The molecule has 2 N–H and O–H groups in total. The highest BCUT2D eigenvalue weighted by molar-refractivity contribution is 7.89. The number of nitrogens with two attached hydrogens (primary N) is 1. The van der Waals surface area contributed by atoms with Crippen molar-refractivity contribution in [1.29, 1.82) is 0 Å². The highest BCUT2D eigenvalue weighted by Gasteiger charge is 2.10. The fourth-order valence-electron chi connectivity index (χ4n) is 1.85. The maximum absolute atomic E-state index is 11.2. The lowest BCUT2D eigenvalue weighted by Crippen LogP contribution is -2.13. The first kappa shape index (κ1) is 14.5. The van der Waals surface area contributed by atoms with Crippen molar-refractivity contribution in [3.63, 3.8) is 0 Å². The second-order valence-electron chi connectivity index (χ2n) is 4.49. The molecule has 0 aliphatic rings. The Bertz CT molecular complexity index is 707. The van der Waals surface area contributed by atoms with Gasteiger partial charge in [0.1, 0.15) is 18.2 Å². The number of sulfonamides is 1. The van der Waals surface area contributed by atoms with Gasteiger partial charge in [-0.05, 0) is 37.6 Å². The number of aromatic nitrogens is 2. The molecule has 0 atom stereocenters. The molecule has 0 unspecified atom stereocenters. The lowest BCUT2D eigenvalue weighted by molar-refractivity contribution is 0.295. The molecule has 1 heterocycles. The predicted octanol–water partition coefficient (Wildman–Crippen LogP) is 1.23. The fraction of sp³-hybridized carbons (Fsp3) is 0.308. The average Bonchev–Trinajstić information content (AvgIpc) is 2.76. The topological polar surface area (TPSA) is 87.2 Å². The van der Waals surface area contributed by atoms with E-state index in [2.05, 4.69) is 4.98 Å². The summed E-state index contributed by atoms with van der Waals surface area (Å²) in [6.07, 6.45) is 3.62. The lowest BCUT2D eigenvalue weighted by atomic mass is 10.2. The Morgan fingerprint density at radius 3 is 2.65 bits per heavy atom. The Morgan fingerprint density at radius 1 is 1.35 bits per heavy atom. The van der Waals surface area contributed by atoms with Crippen LogP contribution in [-0.2, 0) is 16.6 Å². The SMILES string of the molecule is Cc1cc(S(N)(=O)=O)ccc1OCCn1ccnc1C. The monoisotopic (exact) mass is 295 g/mol. The summed E-state index contributed by atoms with van der Waals surface area (Å²) in [5, 5.41) is 5.08. The maximum atomic E-state index is 11.2. The first-order chi connectivity index (χ1) is 9.38. The summed E-state index contributed by atoms with van der Waals surface area (Å²) in [5.41, 5.74) is 0.735. The molecule has 0 saturated heterocycles. The minimum absolute atomic E-state index is 0.0906. The third-order valence-electron chi connectivity index (χ3n) is 2.99. The quantitative estimate of drug-likeness (QED) is 0.898. The molecule has 2 rings (SSSR count). The molecular formula is C13H17N3O3S. The molecule has 1 aromatic carbocycles. The van der Waals surface area contributed by atoms with Crippen molar-refractivity contribution in [2.75, 3.05) is 6.61 Å². The summed E-state index contributed by atoms with van der Waals surface area (Å²) in [6, 6.07) is 4.57. The number of benzene rings is 1. The van der Waals surface area contributed by atoms with Crippen LogP contribution in [0.5, 0.6) is 5.75 Å². The number of aryl methyl sites for hydroxylation is 2. The van der Waals surface area contributed by atoms with Crippen molar-refractivity contribution >= 4 is 10.0 Å². The van der Waals surface area contributed by atoms with Crippen LogP contribution in [0.25, 0.3) is 0 Å². The molecule has 0 radical (unpaired) electrons. The van der Waals surface area contributed by atoms with E-state index in [0.717, 1.165) is 11.4 Å². The van der Waals surface area contributed by atoms with Crippen LogP contribution in [0.4, 0.5) is 0 Å². The van der Waals surface area contributed by atoms with Crippen LogP contribution in [0, 0.1) is 13.8 Å². The van der Waals surface area contributed by atoms with Gasteiger partial charge in [0.15, 0.2) is 0 Å². The summed E-state index contributed by atoms with van der Waals surface area (Å²) in [7, 11) is -3.67. The van der Waals surface area contributed by atoms with E-state index in [4.69, 9.17) is 9.88 Å². The zero-order chi connectivity index (χ0) is 14.8. The van der Waals surface area contributed by atoms with Gasteiger partial charge >= 0.3 is 0 Å². The molecule has 108 valence electrons. The molecule has 0 spiro atoms. The third kappa shape index (κ3) is 3.37. The summed E-state index contributed by atoms with van der Waals surface area (Å²) in [5.74, 6) is 1.57. The summed E-state index contributed by atoms with van der Waals surface area (Å²) >= 11 is 0. The van der Waals surface area contributed by atoms with Gasteiger partial charge in [-0.15, -0.1) is 0 Å². The second kappa shape index (κ2) is 5.64. The number of rotatable bonds is 5. The van der Waals surface area contributed by atoms with Crippen LogP contribution in [0.1, 0.15) is 11.4 Å². The van der Waals surface area contributed by atoms with Crippen molar-refractivity contribution in [2.24, 2.45) is 5.14 Å². The minimum Gasteiger partial charge on any atom is -0.491 e. The van der Waals surface area contributed by atoms with Crippen molar-refractivity contribution in [3.05, 3.63) is 42.0 Å². The molecule has 1 aromatic heterocycles. The Kier molecular flexibility index (Phi) is 4.10. The van der Waals surface area contributed by atoms with Gasteiger partial charge < -0.3 is 9.30 Å². The Balaban J connectivity index is 2.02. The first-order valence-corrected chi connectivity index (χ1v) is 7.66. The summed E-state index contributed by atoms with van der Waals surface area (Å²) in [6.45, 7) is 4.87. The molecule has 6 nitrogen and oxygen atoms in total. The van der Waals surface area contributed by atoms with Crippen molar-refractivity contribution in [2.45, 2.75) is 25.3 Å². The van der Waals surface area contributed by atoms with E-state index < -0.39 is 10.0 Å². The van der Waals surface area contributed by atoms with Crippen molar-refractivity contribution in [1.82, 2.24) is 9.55 Å². The van der Waals surface area contributed by atoms with Gasteiger partial charge in [-0.25, -0.2) is 18.5 Å². The van der Waals surface area contributed by atoms with Gasteiger partial charge in [0, 0.05) is 12.4 Å². The van der Waals surface area contributed by atoms with E-state index in [1.807, 2.05) is 17.7 Å². The van der Waals surface area contributed by atoms with E-state index in [1.165, 1.54) is 12.1 Å². The zero-order valence-electron chi connectivity index (χ0n) is 11.4. The Morgan fingerprint density at radius 2 is 2.10 bits per heavy atom. The van der Waals surface area contributed by atoms with Crippen LogP contribution < -0.4 is 9.88 Å². The number of hydrogen-bond donors (Lipinski definition) is 1. The van der Waals surface area contributed by atoms with Gasteiger partial charge in [0.2, 0.25) is 10.0 Å². The molecule has 0 bridgehead atoms. The van der Waals surface area contributed by atoms with E-state index in [0.29, 0.717) is 18.9 Å².